The Bertz CT molecular complexity index is 549. The summed E-state index contributed by atoms with van der Waals surface area (Å²) in [5.41, 5.74) is 1.25. The summed E-state index contributed by atoms with van der Waals surface area (Å²) >= 11 is 3.62. The number of rotatable bonds is 5. The minimum absolute atomic E-state index is 0.262. The van der Waals surface area contributed by atoms with Crippen LogP contribution in [0.25, 0.3) is 5.69 Å². The van der Waals surface area contributed by atoms with E-state index in [2.05, 4.69) is 26.0 Å². The fraction of sp³-hybridized carbons (Fsp3) is 0.467. The van der Waals surface area contributed by atoms with E-state index in [1.165, 1.54) is 25.7 Å². The zero-order valence-electron chi connectivity index (χ0n) is 11.3. The smallest absolute Gasteiger partial charge is 0.335 e. The SMILES string of the molecule is BrCC1(COc2ncn(-c3ccccc3)n2)CCCC1. The third-order valence-corrected chi connectivity index (χ3v) is 5.14. The maximum atomic E-state index is 5.81. The number of hydrogen-bond acceptors (Lipinski definition) is 3. The Kier molecular flexibility index (Phi) is 4.05. The summed E-state index contributed by atoms with van der Waals surface area (Å²) in [5.74, 6) is 0. The van der Waals surface area contributed by atoms with Gasteiger partial charge in [-0.3, -0.25) is 0 Å². The molecule has 2 aromatic rings. The predicted octanol–water partition coefficient (Wildman–Crippen LogP) is 3.60. The van der Waals surface area contributed by atoms with E-state index >= 15 is 0 Å². The van der Waals surface area contributed by atoms with Gasteiger partial charge in [0, 0.05) is 10.7 Å². The van der Waals surface area contributed by atoms with E-state index in [4.69, 9.17) is 4.74 Å². The normalized spacial score (nSPS) is 17.2. The minimum Gasteiger partial charge on any atom is -0.462 e. The third-order valence-electron chi connectivity index (χ3n) is 3.95. The Labute approximate surface area is 127 Å². The molecule has 0 radical (unpaired) electrons. The average molecular weight is 336 g/mol. The van der Waals surface area contributed by atoms with Crippen molar-refractivity contribution >= 4 is 15.9 Å². The summed E-state index contributed by atoms with van der Waals surface area (Å²) in [4.78, 5) is 4.23. The van der Waals surface area contributed by atoms with Crippen molar-refractivity contribution in [1.29, 1.82) is 0 Å². The van der Waals surface area contributed by atoms with Crippen LogP contribution in [-0.4, -0.2) is 26.7 Å². The summed E-state index contributed by atoms with van der Waals surface area (Å²) in [7, 11) is 0. The molecule has 1 aliphatic rings. The molecule has 5 heteroatoms. The van der Waals surface area contributed by atoms with Crippen molar-refractivity contribution in [2.75, 3.05) is 11.9 Å². The highest BCUT2D eigenvalue weighted by Gasteiger charge is 2.34. The van der Waals surface area contributed by atoms with Gasteiger partial charge in [0.15, 0.2) is 0 Å². The molecule has 0 saturated heterocycles. The van der Waals surface area contributed by atoms with E-state index in [0.29, 0.717) is 12.6 Å². The fourth-order valence-corrected chi connectivity index (χ4v) is 3.40. The van der Waals surface area contributed by atoms with Gasteiger partial charge in [-0.1, -0.05) is 47.0 Å². The van der Waals surface area contributed by atoms with Crippen molar-refractivity contribution in [2.24, 2.45) is 5.41 Å². The second kappa shape index (κ2) is 5.95. The molecule has 0 atom stereocenters. The molecule has 0 unspecified atom stereocenters. The molecule has 1 aromatic carbocycles. The monoisotopic (exact) mass is 335 g/mol. The Balaban J connectivity index is 1.66. The van der Waals surface area contributed by atoms with Crippen LogP contribution >= 0.6 is 15.9 Å². The summed E-state index contributed by atoms with van der Waals surface area (Å²) in [6.45, 7) is 0.692. The van der Waals surface area contributed by atoms with Gasteiger partial charge in [0.2, 0.25) is 0 Å². The quantitative estimate of drug-likeness (QED) is 0.783. The van der Waals surface area contributed by atoms with E-state index in [0.717, 1.165) is 11.0 Å². The largest absolute Gasteiger partial charge is 0.462 e. The summed E-state index contributed by atoms with van der Waals surface area (Å²) in [6, 6.07) is 10.4. The number of nitrogens with zero attached hydrogens (tertiary/aromatic N) is 3. The molecule has 3 rings (SSSR count). The van der Waals surface area contributed by atoms with Gasteiger partial charge in [-0.2, -0.15) is 4.98 Å². The van der Waals surface area contributed by atoms with Gasteiger partial charge in [0.25, 0.3) is 0 Å². The van der Waals surface area contributed by atoms with Crippen molar-refractivity contribution in [3.8, 4) is 11.7 Å². The van der Waals surface area contributed by atoms with Crippen molar-refractivity contribution in [3.05, 3.63) is 36.7 Å². The molecule has 1 fully saturated rings. The fourth-order valence-electron chi connectivity index (χ4n) is 2.68. The Morgan fingerprint density at radius 3 is 2.65 bits per heavy atom. The van der Waals surface area contributed by atoms with Crippen LogP contribution in [0.3, 0.4) is 0 Å². The summed E-state index contributed by atoms with van der Waals surface area (Å²) in [5, 5.41) is 5.36. The average Bonchev–Trinajstić information content (AvgIpc) is 3.16. The molecule has 1 aliphatic carbocycles. The van der Waals surface area contributed by atoms with Crippen molar-refractivity contribution in [1.82, 2.24) is 14.8 Å². The maximum absolute atomic E-state index is 5.81. The van der Waals surface area contributed by atoms with Gasteiger partial charge in [-0.25, -0.2) is 4.68 Å². The molecule has 0 spiro atoms. The van der Waals surface area contributed by atoms with Gasteiger partial charge >= 0.3 is 6.01 Å². The number of hydrogen-bond donors (Lipinski definition) is 0. The maximum Gasteiger partial charge on any atom is 0.335 e. The first-order valence-electron chi connectivity index (χ1n) is 6.97. The minimum atomic E-state index is 0.262. The number of benzene rings is 1. The lowest BCUT2D eigenvalue weighted by molar-refractivity contribution is 0.162. The molecule has 1 saturated carbocycles. The van der Waals surface area contributed by atoms with E-state index in [-0.39, 0.29) is 5.41 Å². The predicted molar refractivity (Wildman–Crippen MR) is 81.5 cm³/mol. The van der Waals surface area contributed by atoms with E-state index in [9.17, 15) is 0 Å². The van der Waals surface area contributed by atoms with Gasteiger partial charge in [0.05, 0.1) is 12.3 Å². The lowest BCUT2D eigenvalue weighted by Gasteiger charge is -2.25. The molecule has 0 aliphatic heterocycles. The van der Waals surface area contributed by atoms with E-state index in [1.807, 2.05) is 30.3 Å². The molecule has 20 heavy (non-hydrogen) atoms. The van der Waals surface area contributed by atoms with Crippen LogP contribution in [0, 0.1) is 5.41 Å². The second-order valence-electron chi connectivity index (χ2n) is 5.44. The molecule has 0 amide bonds. The van der Waals surface area contributed by atoms with Crippen LogP contribution in [0.15, 0.2) is 36.7 Å². The van der Waals surface area contributed by atoms with Crippen molar-refractivity contribution < 1.29 is 4.74 Å². The summed E-state index contributed by atoms with van der Waals surface area (Å²) < 4.78 is 7.55. The third kappa shape index (κ3) is 2.87. The molecule has 0 N–H and O–H groups in total. The van der Waals surface area contributed by atoms with Crippen molar-refractivity contribution in [3.63, 3.8) is 0 Å². The van der Waals surface area contributed by atoms with Crippen LogP contribution in [0.4, 0.5) is 0 Å². The molecule has 1 heterocycles. The van der Waals surface area contributed by atoms with Gasteiger partial charge < -0.3 is 4.74 Å². The standard InChI is InChI=1S/C15H18BrN3O/c16-10-15(8-4-5-9-15)11-20-14-17-12-19(18-14)13-6-2-1-3-7-13/h1-3,6-7,12H,4-5,8-11H2. The van der Waals surface area contributed by atoms with Crippen LogP contribution in [-0.2, 0) is 0 Å². The molecule has 1 aromatic heterocycles. The number of alkyl halides is 1. The number of para-hydroxylation sites is 1. The highest BCUT2D eigenvalue weighted by molar-refractivity contribution is 9.09. The highest BCUT2D eigenvalue weighted by Crippen LogP contribution is 2.39. The summed E-state index contributed by atoms with van der Waals surface area (Å²) in [6.07, 6.45) is 6.72. The first-order valence-corrected chi connectivity index (χ1v) is 8.09. The number of ether oxygens (including phenoxy) is 1. The lowest BCUT2D eigenvalue weighted by Crippen LogP contribution is -2.27. The molecular formula is C15H18BrN3O. The van der Waals surface area contributed by atoms with Crippen LogP contribution in [0.2, 0.25) is 0 Å². The zero-order valence-corrected chi connectivity index (χ0v) is 12.9. The molecule has 4 nitrogen and oxygen atoms in total. The lowest BCUT2D eigenvalue weighted by atomic mass is 9.90. The van der Waals surface area contributed by atoms with Crippen LogP contribution < -0.4 is 4.74 Å². The van der Waals surface area contributed by atoms with Crippen LogP contribution in [0.5, 0.6) is 6.01 Å². The Morgan fingerprint density at radius 1 is 1.20 bits per heavy atom. The first-order chi connectivity index (χ1) is 9.81. The molecule has 0 bridgehead atoms. The van der Waals surface area contributed by atoms with Crippen molar-refractivity contribution in [2.45, 2.75) is 25.7 Å². The second-order valence-corrected chi connectivity index (χ2v) is 6.00. The van der Waals surface area contributed by atoms with E-state index in [1.54, 1.807) is 11.0 Å². The number of aromatic nitrogens is 3. The van der Waals surface area contributed by atoms with Gasteiger partial charge in [0.1, 0.15) is 6.33 Å². The zero-order chi connectivity index (χ0) is 13.8. The van der Waals surface area contributed by atoms with Crippen LogP contribution in [0.1, 0.15) is 25.7 Å². The number of halogens is 1. The van der Waals surface area contributed by atoms with Gasteiger partial charge in [-0.15, -0.1) is 5.10 Å². The Morgan fingerprint density at radius 2 is 1.95 bits per heavy atom. The first kappa shape index (κ1) is 13.6. The van der Waals surface area contributed by atoms with E-state index < -0.39 is 0 Å². The topological polar surface area (TPSA) is 39.9 Å². The Hall–Kier alpha value is -1.36. The highest BCUT2D eigenvalue weighted by atomic mass is 79.9. The van der Waals surface area contributed by atoms with Gasteiger partial charge in [-0.05, 0) is 25.0 Å². The molecule has 106 valence electrons. The molecular weight excluding hydrogens is 318 g/mol.